The maximum Gasteiger partial charge on any atom is 0.275 e. The van der Waals surface area contributed by atoms with E-state index in [0.29, 0.717) is 0 Å². The van der Waals surface area contributed by atoms with Gasteiger partial charge < -0.3 is 5.11 Å². The molecule has 0 fully saturated rings. The summed E-state index contributed by atoms with van der Waals surface area (Å²) in [5.41, 5.74) is -0.156. The fourth-order valence-electron chi connectivity index (χ4n) is 1.45. The molecule has 0 unspecified atom stereocenters. The Morgan fingerprint density at radius 3 is 2.65 bits per heavy atom. The van der Waals surface area contributed by atoms with E-state index in [1.54, 1.807) is 13.0 Å². The monoisotopic (exact) mass is 235 g/mol. The van der Waals surface area contributed by atoms with Gasteiger partial charge in [-0.15, -0.1) is 0 Å². The van der Waals surface area contributed by atoms with Crippen LogP contribution in [0, 0.1) is 10.1 Å². The average Bonchev–Trinajstić information content (AvgIpc) is 2.35. The van der Waals surface area contributed by atoms with Crippen molar-refractivity contribution in [2.45, 2.75) is 19.4 Å². The van der Waals surface area contributed by atoms with Crippen molar-refractivity contribution in [2.24, 2.45) is 0 Å². The van der Waals surface area contributed by atoms with Gasteiger partial charge in [-0.1, -0.05) is 25.6 Å². The van der Waals surface area contributed by atoms with Crippen molar-refractivity contribution in [3.63, 3.8) is 0 Å². The SMILES string of the molecule is C=C(C(=O)CC)[C@@H](O)c1ccccc1[N+](=O)[O-]. The number of carbonyl (C=O) groups is 1. The number of carbonyl (C=O) groups excluding carboxylic acids is 1. The number of nitrogens with zero attached hydrogens (tertiary/aromatic N) is 1. The van der Waals surface area contributed by atoms with E-state index in [-0.39, 0.29) is 29.0 Å². The molecule has 0 radical (unpaired) electrons. The minimum atomic E-state index is -1.33. The maximum absolute atomic E-state index is 11.4. The van der Waals surface area contributed by atoms with Crippen LogP contribution in [0.3, 0.4) is 0 Å². The molecular formula is C12H13NO4. The number of nitro benzene ring substituents is 1. The predicted octanol–water partition coefficient (Wildman–Crippen LogP) is 2.16. The van der Waals surface area contributed by atoms with Gasteiger partial charge >= 0.3 is 0 Å². The second kappa shape index (κ2) is 5.36. The van der Waals surface area contributed by atoms with Crippen LogP contribution < -0.4 is 0 Å². The van der Waals surface area contributed by atoms with E-state index in [4.69, 9.17) is 0 Å². The Morgan fingerprint density at radius 1 is 1.53 bits per heavy atom. The van der Waals surface area contributed by atoms with Crippen molar-refractivity contribution in [2.75, 3.05) is 0 Å². The summed E-state index contributed by atoms with van der Waals surface area (Å²) in [5.74, 6) is -0.310. The molecule has 0 aliphatic carbocycles. The molecule has 5 nitrogen and oxygen atoms in total. The van der Waals surface area contributed by atoms with Gasteiger partial charge in [0.2, 0.25) is 0 Å². The van der Waals surface area contributed by atoms with Gasteiger partial charge in [0.15, 0.2) is 5.78 Å². The van der Waals surface area contributed by atoms with Crippen molar-refractivity contribution in [3.05, 3.63) is 52.1 Å². The molecule has 0 aliphatic heterocycles. The number of rotatable bonds is 5. The molecule has 0 aromatic heterocycles. The summed E-state index contributed by atoms with van der Waals surface area (Å²) in [6.07, 6.45) is -1.12. The molecule has 1 aromatic carbocycles. The molecule has 5 heteroatoms. The Balaban J connectivity index is 3.12. The predicted molar refractivity (Wildman–Crippen MR) is 62.5 cm³/mol. The van der Waals surface area contributed by atoms with Gasteiger partial charge in [0, 0.05) is 18.1 Å². The van der Waals surface area contributed by atoms with E-state index in [2.05, 4.69) is 6.58 Å². The lowest BCUT2D eigenvalue weighted by molar-refractivity contribution is -0.386. The number of aliphatic hydroxyl groups excluding tert-OH is 1. The lowest BCUT2D eigenvalue weighted by Gasteiger charge is -2.12. The first kappa shape index (κ1) is 13.1. The minimum absolute atomic E-state index is 0.0261. The number of hydrogen-bond donors (Lipinski definition) is 1. The van der Waals surface area contributed by atoms with E-state index < -0.39 is 11.0 Å². The Morgan fingerprint density at radius 2 is 2.12 bits per heavy atom. The van der Waals surface area contributed by atoms with E-state index >= 15 is 0 Å². The third kappa shape index (κ3) is 2.76. The molecule has 0 heterocycles. The first-order valence-electron chi connectivity index (χ1n) is 5.12. The minimum Gasteiger partial charge on any atom is -0.383 e. The fraction of sp³-hybridized carbons (Fsp3) is 0.250. The van der Waals surface area contributed by atoms with Crippen LogP contribution >= 0.6 is 0 Å². The number of Topliss-reactive ketones (excluding diaryl/α,β-unsaturated/α-hetero) is 1. The number of nitro groups is 1. The summed E-state index contributed by atoms with van der Waals surface area (Å²) >= 11 is 0. The van der Waals surface area contributed by atoms with E-state index in [1.807, 2.05) is 0 Å². The average molecular weight is 235 g/mol. The molecule has 0 spiro atoms. The third-order valence-electron chi connectivity index (χ3n) is 2.44. The van der Waals surface area contributed by atoms with Crippen molar-refractivity contribution in [3.8, 4) is 0 Å². The van der Waals surface area contributed by atoms with Crippen LogP contribution in [0.15, 0.2) is 36.4 Å². The van der Waals surface area contributed by atoms with Gasteiger partial charge in [-0.05, 0) is 6.07 Å². The molecule has 0 amide bonds. The summed E-state index contributed by atoms with van der Waals surface area (Å²) < 4.78 is 0. The van der Waals surface area contributed by atoms with Crippen LogP contribution in [0.25, 0.3) is 0 Å². The fourth-order valence-corrected chi connectivity index (χ4v) is 1.45. The van der Waals surface area contributed by atoms with Crippen LogP contribution in [0.2, 0.25) is 0 Å². The van der Waals surface area contributed by atoms with Crippen LogP contribution in [-0.4, -0.2) is 15.8 Å². The molecule has 0 saturated carbocycles. The zero-order valence-electron chi connectivity index (χ0n) is 9.42. The van der Waals surface area contributed by atoms with Crippen molar-refractivity contribution in [1.82, 2.24) is 0 Å². The highest BCUT2D eigenvalue weighted by Crippen LogP contribution is 2.29. The Labute approximate surface area is 98.5 Å². The molecular weight excluding hydrogens is 222 g/mol. The first-order chi connectivity index (χ1) is 7.99. The normalized spacial score (nSPS) is 11.9. The van der Waals surface area contributed by atoms with Gasteiger partial charge in [-0.2, -0.15) is 0 Å². The standard InChI is InChI=1S/C12H13NO4/c1-3-11(14)8(2)12(15)9-6-4-5-7-10(9)13(16)17/h4-7,12,15H,2-3H2,1H3/t12-/m1/s1. The molecule has 17 heavy (non-hydrogen) atoms. The van der Waals surface area contributed by atoms with Crippen LogP contribution in [0.5, 0.6) is 0 Å². The highest BCUT2D eigenvalue weighted by molar-refractivity contribution is 5.95. The lowest BCUT2D eigenvalue weighted by Crippen LogP contribution is -2.11. The zero-order valence-corrected chi connectivity index (χ0v) is 9.42. The van der Waals surface area contributed by atoms with Gasteiger partial charge in [-0.25, -0.2) is 0 Å². The number of ketones is 1. The number of para-hydroxylation sites is 1. The number of aliphatic hydroxyl groups is 1. The van der Waals surface area contributed by atoms with Gasteiger partial charge in [-0.3, -0.25) is 14.9 Å². The Hall–Kier alpha value is -2.01. The molecule has 1 aromatic rings. The summed E-state index contributed by atoms with van der Waals surface area (Å²) in [7, 11) is 0. The number of benzene rings is 1. The summed E-state index contributed by atoms with van der Waals surface area (Å²) in [6, 6.07) is 5.76. The molecule has 0 saturated heterocycles. The van der Waals surface area contributed by atoms with Gasteiger partial charge in [0.05, 0.1) is 10.5 Å². The smallest absolute Gasteiger partial charge is 0.275 e. The number of hydrogen-bond acceptors (Lipinski definition) is 4. The van der Waals surface area contributed by atoms with Crippen molar-refractivity contribution < 1.29 is 14.8 Å². The van der Waals surface area contributed by atoms with Crippen molar-refractivity contribution in [1.29, 1.82) is 0 Å². The second-order valence-corrected chi connectivity index (χ2v) is 3.52. The van der Waals surface area contributed by atoms with Gasteiger partial charge in [0.1, 0.15) is 6.10 Å². The highest BCUT2D eigenvalue weighted by Gasteiger charge is 2.24. The van der Waals surface area contributed by atoms with Crippen LogP contribution in [0.4, 0.5) is 5.69 Å². The Kier molecular flexibility index (Phi) is 4.12. The van der Waals surface area contributed by atoms with Gasteiger partial charge in [0.25, 0.3) is 5.69 Å². The van der Waals surface area contributed by atoms with E-state index in [0.717, 1.165) is 0 Å². The zero-order chi connectivity index (χ0) is 13.0. The van der Waals surface area contributed by atoms with E-state index in [9.17, 15) is 20.0 Å². The van der Waals surface area contributed by atoms with Crippen LogP contribution in [-0.2, 0) is 4.79 Å². The molecule has 90 valence electrons. The molecule has 1 rings (SSSR count). The first-order valence-corrected chi connectivity index (χ1v) is 5.12. The molecule has 1 atom stereocenters. The second-order valence-electron chi connectivity index (χ2n) is 3.52. The van der Waals surface area contributed by atoms with Crippen molar-refractivity contribution >= 4 is 11.5 Å². The van der Waals surface area contributed by atoms with E-state index in [1.165, 1.54) is 18.2 Å². The summed E-state index contributed by atoms with van der Waals surface area (Å²) in [4.78, 5) is 21.6. The molecule has 0 aliphatic rings. The molecule has 1 N–H and O–H groups in total. The topological polar surface area (TPSA) is 80.4 Å². The lowest BCUT2D eigenvalue weighted by atomic mass is 9.97. The third-order valence-corrected chi connectivity index (χ3v) is 2.44. The summed E-state index contributed by atoms with van der Waals surface area (Å²) in [6.45, 7) is 5.12. The highest BCUT2D eigenvalue weighted by atomic mass is 16.6. The molecule has 0 bridgehead atoms. The maximum atomic E-state index is 11.4. The largest absolute Gasteiger partial charge is 0.383 e. The summed E-state index contributed by atoms with van der Waals surface area (Å²) in [5, 5.41) is 20.7. The van der Waals surface area contributed by atoms with Crippen LogP contribution in [0.1, 0.15) is 25.0 Å². The quantitative estimate of drug-likeness (QED) is 0.481. The Bertz CT molecular complexity index is 467.